The Morgan fingerprint density at radius 2 is 2.11 bits per heavy atom. The van der Waals surface area contributed by atoms with E-state index in [1.54, 1.807) is 18.3 Å². The molecule has 0 aliphatic heterocycles. The lowest BCUT2D eigenvalue weighted by molar-refractivity contribution is 0.0948. The van der Waals surface area contributed by atoms with Crippen LogP contribution in [0.25, 0.3) is 11.0 Å². The summed E-state index contributed by atoms with van der Waals surface area (Å²) in [5.41, 5.74) is 3.01. The quantitative estimate of drug-likeness (QED) is 0.751. The van der Waals surface area contributed by atoms with Crippen LogP contribution in [0.2, 0.25) is 0 Å². The fourth-order valence-corrected chi connectivity index (χ4v) is 3.14. The highest BCUT2D eigenvalue weighted by molar-refractivity contribution is 5.96. The summed E-state index contributed by atoms with van der Waals surface area (Å²) < 4.78 is 1.83. The third kappa shape index (κ3) is 3.45. The van der Waals surface area contributed by atoms with E-state index in [2.05, 4.69) is 20.3 Å². The van der Waals surface area contributed by atoms with Crippen molar-refractivity contribution < 1.29 is 4.79 Å². The number of pyridine rings is 2. The van der Waals surface area contributed by atoms with Gasteiger partial charge in [-0.2, -0.15) is 0 Å². The summed E-state index contributed by atoms with van der Waals surface area (Å²) in [4.78, 5) is 38.4. The molecule has 3 heterocycles. The first-order valence-corrected chi connectivity index (χ1v) is 9.16. The third-order valence-corrected chi connectivity index (χ3v) is 4.82. The third-order valence-electron chi connectivity index (χ3n) is 4.82. The Bertz CT molecular complexity index is 1090. The van der Waals surface area contributed by atoms with E-state index in [1.807, 2.05) is 24.5 Å². The van der Waals surface area contributed by atoms with Crippen LogP contribution in [0.5, 0.6) is 0 Å². The van der Waals surface area contributed by atoms with Crippen LogP contribution in [0.4, 0.5) is 0 Å². The molecule has 0 saturated heterocycles. The number of rotatable bonds is 5. The molecule has 3 aromatic heterocycles. The van der Waals surface area contributed by atoms with Crippen molar-refractivity contribution in [1.82, 2.24) is 24.8 Å². The highest BCUT2D eigenvalue weighted by atomic mass is 16.2. The smallest absolute Gasteiger partial charge is 0.257 e. The van der Waals surface area contributed by atoms with Gasteiger partial charge in [-0.15, -0.1) is 0 Å². The molecule has 138 valence electrons. The van der Waals surface area contributed by atoms with E-state index in [9.17, 15) is 9.59 Å². The summed E-state index contributed by atoms with van der Waals surface area (Å²) in [7, 11) is 0. The predicted molar refractivity (Wildman–Crippen MR) is 102 cm³/mol. The van der Waals surface area contributed by atoms with Crippen molar-refractivity contribution in [2.24, 2.45) is 0 Å². The van der Waals surface area contributed by atoms with Crippen molar-refractivity contribution in [1.29, 1.82) is 0 Å². The van der Waals surface area contributed by atoms with Crippen LogP contribution in [0.1, 0.15) is 53.1 Å². The lowest BCUT2D eigenvalue weighted by Gasteiger charge is -2.11. The number of aryl methyl sites for hydroxylation is 2. The van der Waals surface area contributed by atoms with Gasteiger partial charge in [0.1, 0.15) is 17.5 Å². The summed E-state index contributed by atoms with van der Waals surface area (Å²) in [5.74, 6) is 0.118. The molecule has 27 heavy (non-hydrogen) atoms. The zero-order valence-corrected chi connectivity index (χ0v) is 15.4. The molecule has 0 aromatic carbocycles. The van der Waals surface area contributed by atoms with E-state index in [4.69, 9.17) is 0 Å². The first-order chi connectivity index (χ1) is 13.1. The SMILES string of the molecule is CCn1cc(C(=O)NCc2cc(C3CC3)ncn2)c(=O)c2ccc(C)nc21. The van der Waals surface area contributed by atoms with Crippen molar-refractivity contribution in [3.05, 3.63) is 63.6 Å². The molecule has 0 bridgehead atoms. The maximum Gasteiger partial charge on any atom is 0.257 e. The number of amides is 1. The summed E-state index contributed by atoms with van der Waals surface area (Å²) in [5, 5.41) is 3.26. The van der Waals surface area contributed by atoms with Gasteiger partial charge in [0, 0.05) is 30.0 Å². The molecule has 7 nitrogen and oxygen atoms in total. The average Bonchev–Trinajstić information content (AvgIpc) is 3.52. The number of nitrogens with zero attached hydrogens (tertiary/aromatic N) is 4. The monoisotopic (exact) mass is 363 g/mol. The Hall–Kier alpha value is -3.09. The second-order valence-electron chi connectivity index (χ2n) is 6.87. The van der Waals surface area contributed by atoms with Gasteiger partial charge in [-0.25, -0.2) is 15.0 Å². The summed E-state index contributed by atoms with van der Waals surface area (Å²) in [6.07, 6.45) is 5.43. The molecule has 1 aliphatic carbocycles. The van der Waals surface area contributed by atoms with Crippen LogP contribution in [-0.2, 0) is 13.1 Å². The Morgan fingerprint density at radius 3 is 2.85 bits per heavy atom. The maximum atomic E-state index is 12.8. The van der Waals surface area contributed by atoms with Gasteiger partial charge in [0.2, 0.25) is 5.43 Å². The minimum Gasteiger partial charge on any atom is -0.346 e. The normalized spacial score (nSPS) is 13.7. The summed E-state index contributed by atoms with van der Waals surface area (Å²) >= 11 is 0. The van der Waals surface area contributed by atoms with Crippen LogP contribution < -0.4 is 10.7 Å². The Balaban J connectivity index is 1.60. The molecule has 1 saturated carbocycles. The zero-order valence-electron chi connectivity index (χ0n) is 15.4. The number of hydrogen-bond acceptors (Lipinski definition) is 5. The number of hydrogen-bond donors (Lipinski definition) is 1. The van der Waals surface area contributed by atoms with E-state index in [-0.39, 0.29) is 17.5 Å². The van der Waals surface area contributed by atoms with E-state index >= 15 is 0 Å². The van der Waals surface area contributed by atoms with Gasteiger partial charge in [-0.1, -0.05) is 0 Å². The maximum absolute atomic E-state index is 12.8. The van der Waals surface area contributed by atoms with Gasteiger partial charge in [0.05, 0.1) is 17.6 Å². The standard InChI is InChI=1S/C20H21N5O2/c1-3-25-10-16(18(26)15-7-4-12(2)24-19(15)25)20(27)21-9-14-8-17(13-5-6-13)23-11-22-14/h4,7-8,10-11,13H,3,5-6,9H2,1-2H3,(H,21,27). The first kappa shape index (κ1) is 17.3. The molecule has 0 spiro atoms. The van der Waals surface area contributed by atoms with Gasteiger partial charge in [-0.05, 0) is 44.9 Å². The highest BCUT2D eigenvalue weighted by Gasteiger charge is 2.25. The van der Waals surface area contributed by atoms with Gasteiger partial charge in [0.15, 0.2) is 0 Å². The van der Waals surface area contributed by atoms with Crippen molar-refractivity contribution in [2.75, 3.05) is 0 Å². The second-order valence-corrected chi connectivity index (χ2v) is 6.87. The van der Waals surface area contributed by atoms with Gasteiger partial charge >= 0.3 is 0 Å². The Kier molecular flexibility index (Phi) is 4.43. The fourth-order valence-electron chi connectivity index (χ4n) is 3.14. The number of nitrogens with one attached hydrogen (secondary N) is 1. The topological polar surface area (TPSA) is 89.8 Å². The minimum absolute atomic E-state index is 0.117. The molecular formula is C20H21N5O2. The van der Waals surface area contributed by atoms with Crippen LogP contribution in [0, 0.1) is 6.92 Å². The molecule has 7 heteroatoms. The van der Waals surface area contributed by atoms with Crippen LogP contribution in [0.3, 0.4) is 0 Å². The van der Waals surface area contributed by atoms with Gasteiger partial charge in [-0.3, -0.25) is 9.59 Å². The number of carbonyl (C=O) groups excluding carboxylic acids is 1. The zero-order chi connectivity index (χ0) is 19.0. The Labute approximate surface area is 156 Å². The molecule has 0 unspecified atom stereocenters. The predicted octanol–water partition coefficient (Wildman–Crippen LogP) is 2.32. The molecule has 0 radical (unpaired) electrons. The molecule has 3 aromatic rings. The van der Waals surface area contributed by atoms with E-state index in [1.165, 1.54) is 6.33 Å². The largest absolute Gasteiger partial charge is 0.346 e. The number of aromatic nitrogens is 4. The molecular weight excluding hydrogens is 342 g/mol. The van der Waals surface area contributed by atoms with E-state index < -0.39 is 5.91 Å². The van der Waals surface area contributed by atoms with Gasteiger partial charge < -0.3 is 9.88 Å². The fraction of sp³-hybridized carbons (Fsp3) is 0.350. The molecule has 0 atom stereocenters. The van der Waals surface area contributed by atoms with E-state index in [0.717, 1.165) is 29.9 Å². The molecule has 1 N–H and O–H groups in total. The molecule has 1 aliphatic rings. The number of carbonyl (C=O) groups is 1. The van der Waals surface area contributed by atoms with Crippen molar-refractivity contribution >= 4 is 16.9 Å². The van der Waals surface area contributed by atoms with Crippen LogP contribution >= 0.6 is 0 Å². The van der Waals surface area contributed by atoms with E-state index in [0.29, 0.717) is 23.5 Å². The number of fused-ring (bicyclic) bond motifs is 1. The lowest BCUT2D eigenvalue weighted by atomic mass is 10.1. The minimum atomic E-state index is -0.406. The average molecular weight is 363 g/mol. The van der Waals surface area contributed by atoms with Crippen molar-refractivity contribution in [2.45, 2.75) is 45.7 Å². The van der Waals surface area contributed by atoms with Crippen LogP contribution in [0.15, 0.2) is 35.5 Å². The second kappa shape index (κ2) is 6.90. The lowest BCUT2D eigenvalue weighted by Crippen LogP contribution is -2.30. The summed E-state index contributed by atoms with van der Waals surface area (Å²) in [6, 6.07) is 5.44. The van der Waals surface area contributed by atoms with Gasteiger partial charge in [0.25, 0.3) is 5.91 Å². The van der Waals surface area contributed by atoms with Crippen LogP contribution in [-0.4, -0.2) is 25.4 Å². The Morgan fingerprint density at radius 1 is 1.30 bits per heavy atom. The molecule has 1 amide bonds. The molecule has 4 rings (SSSR count). The van der Waals surface area contributed by atoms with Crippen molar-refractivity contribution in [3.63, 3.8) is 0 Å². The first-order valence-electron chi connectivity index (χ1n) is 9.16. The molecule has 1 fully saturated rings. The van der Waals surface area contributed by atoms with Crippen molar-refractivity contribution in [3.8, 4) is 0 Å². The highest BCUT2D eigenvalue weighted by Crippen LogP contribution is 2.38. The summed E-state index contributed by atoms with van der Waals surface area (Å²) in [6.45, 7) is 4.71.